The maximum absolute atomic E-state index is 5.79. The molecule has 6 heteroatoms. The molecule has 0 saturated carbocycles. The Kier molecular flexibility index (Phi) is 3.08. The largest absolute Gasteiger partial charge is 0.384 e. The van der Waals surface area contributed by atoms with Crippen molar-refractivity contribution in [3.63, 3.8) is 0 Å². The first-order chi connectivity index (χ1) is 9.24. The summed E-state index contributed by atoms with van der Waals surface area (Å²) < 4.78 is 0. The molecule has 0 aliphatic heterocycles. The zero-order valence-corrected chi connectivity index (χ0v) is 11.2. The Labute approximate surface area is 114 Å². The number of nitrogen functional groups attached to an aromatic ring is 1. The van der Waals surface area contributed by atoms with E-state index in [1.165, 1.54) is 5.56 Å². The predicted octanol–water partition coefficient (Wildman–Crippen LogP) is 2.79. The van der Waals surface area contributed by atoms with Gasteiger partial charge in [0, 0.05) is 10.1 Å². The summed E-state index contributed by atoms with van der Waals surface area (Å²) in [4.78, 5) is 5.13. The number of H-pyrrole nitrogens is 1. The summed E-state index contributed by atoms with van der Waals surface area (Å²) in [5, 5.41) is 11.0. The van der Waals surface area contributed by atoms with Crippen molar-refractivity contribution in [3.8, 4) is 0 Å². The highest BCUT2D eigenvalue weighted by molar-refractivity contribution is 7.99. The van der Waals surface area contributed by atoms with Crippen molar-refractivity contribution in [1.82, 2.24) is 20.4 Å². The van der Waals surface area contributed by atoms with Gasteiger partial charge in [-0.2, -0.15) is 10.3 Å². The lowest BCUT2D eigenvalue weighted by molar-refractivity contribution is 0.953. The van der Waals surface area contributed by atoms with Crippen LogP contribution in [0.5, 0.6) is 0 Å². The molecule has 3 N–H and O–H groups in total. The molecule has 0 saturated heterocycles. The van der Waals surface area contributed by atoms with Crippen molar-refractivity contribution in [2.24, 2.45) is 0 Å². The van der Waals surface area contributed by atoms with Crippen LogP contribution in [0.25, 0.3) is 11.2 Å². The third kappa shape index (κ3) is 2.39. The fraction of sp³-hybridized carbons (Fsp3) is 0.154. The third-order valence-corrected chi connectivity index (χ3v) is 4.04. The second-order valence-electron chi connectivity index (χ2n) is 4.21. The molecule has 2 heterocycles. The monoisotopic (exact) mass is 271 g/mol. The average Bonchev–Trinajstić information content (AvgIpc) is 2.88. The van der Waals surface area contributed by atoms with Crippen molar-refractivity contribution in [1.29, 1.82) is 0 Å². The molecule has 0 bridgehead atoms. The van der Waals surface area contributed by atoms with Crippen molar-refractivity contribution in [2.75, 3.05) is 5.73 Å². The molecule has 5 nitrogen and oxygen atoms in total. The molecule has 0 radical (unpaired) electrons. The molecule has 3 aromatic rings. The van der Waals surface area contributed by atoms with Gasteiger partial charge < -0.3 is 5.73 Å². The molecule has 0 amide bonds. The van der Waals surface area contributed by atoms with E-state index in [1.54, 1.807) is 11.8 Å². The van der Waals surface area contributed by atoms with Gasteiger partial charge in [0.05, 0.1) is 0 Å². The van der Waals surface area contributed by atoms with Gasteiger partial charge in [-0.1, -0.05) is 30.3 Å². The molecular weight excluding hydrogens is 258 g/mol. The minimum atomic E-state index is 0.308. The molecule has 0 fully saturated rings. The number of anilines is 1. The SMILES string of the molecule is CC(Sc1cc(N)nc2n[nH]nc12)c1ccccc1. The lowest BCUT2D eigenvalue weighted by Gasteiger charge is -2.11. The quantitative estimate of drug-likeness (QED) is 0.716. The fourth-order valence-electron chi connectivity index (χ4n) is 1.90. The lowest BCUT2D eigenvalue weighted by Crippen LogP contribution is -1.93. The van der Waals surface area contributed by atoms with Gasteiger partial charge in [0.25, 0.3) is 0 Å². The molecule has 96 valence electrons. The van der Waals surface area contributed by atoms with E-state index in [1.807, 2.05) is 24.3 Å². The van der Waals surface area contributed by atoms with E-state index < -0.39 is 0 Å². The highest BCUT2D eigenvalue weighted by Gasteiger charge is 2.13. The summed E-state index contributed by atoms with van der Waals surface area (Å²) in [6, 6.07) is 12.2. The second kappa shape index (κ2) is 4.89. The summed E-state index contributed by atoms with van der Waals surface area (Å²) in [7, 11) is 0. The van der Waals surface area contributed by atoms with E-state index in [-0.39, 0.29) is 0 Å². The summed E-state index contributed by atoms with van der Waals surface area (Å²) in [5.41, 5.74) is 8.38. The molecule has 19 heavy (non-hydrogen) atoms. The van der Waals surface area contributed by atoms with Crippen LogP contribution in [-0.4, -0.2) is 20.4 Å². The molecule has 1 atom stereocenters. The zero-order chi connectivity index (χ0) is 13.2. The van der Waals surface area contributed by atoms with E-state index in [4.69, 9.17) is 5.73 Å². The maximum atomic E-state index is 5.79. The van der Waals surface area contributed by atoms with E-state index in [0.29, 0.717) is 16.7 Å². The van der Waals surface area contributed by atoms with Gasteiger partial charge in [0.2, 0.25) is 5.65 Å². The number of benzene rings is 1. The summed E-state index contributed by atoms with van der Waals surface area (Å²) in [6.45, 7) is 2.16. The minimum Gasteiger partial charge on any atom is -0.384 e. The van der Waals surface area contributed by atoms with Crippen molar-refractivity contribution in [2.45, 2.75) is 17.1 Å². The topological polar surface area (TPSA) is 80.5 Å². The maximum Gasteiger partial charge on any atom is 0.204 e. The molecule has 0 aliphatic rings. The Balaban J connectivity index is 1.95. The van der Waals surface area contributed by atoms with Gasteiger partial charge in [-0.25, -0.2) is 4.98 Å². The molecule has 0 spiro atoms. The Morgan fingerprint density at radius 1 is 1.21 bits per heavy atom. The molecule has 1 aromatic carbocycles. The van der Waals surface area contributed by atoms with Gasteiger partial charge in [-0.05, 0) is 18.6 Å². The van der Waals surface area contributed by atoms with Gasteiger partial charge in [-0.15, -0.1) is 16.9 Å². The first kappa shape index (κ1) is 12.0. The number of nitrogens with one attached hydrogen (secondary N) is 1. The number of hydrogen-bond donors (Lipinski definition) is 2. The number of rotatable bonds is 3. The van der Waals surface area contributed by atoms with Crippen LogP contribution in [-0.2, 0) is 0 Å². The fourth-order valence-corrected chi connectivity index (χ4v) is 3.01. The Morgan fingerprint density at radius 3 is 2.79 bits per heavy atom. The normalized spacial score (nSPS) is 12.7. The number of nitrogens with two attached hydrogens (primary N) is 1. The summed E-state index contributed by atoms with van der Waals surface area (Å²) in [5.74, 6) is 0.462. The van der Waals surface area contributed by atoms with Crippen molar-refractivity contribution in [3.05, 3.63) is 42.0 Å². The van der Waals surface area contributed by atoms with Crippen LogP contribution in [0.15, 0.2) is 41.3 Å². The second-order valence-corrected chi connectivity index (χ2v) is 5.59. The lowest BCUT2D eigenvalue weighted by atomic mass is 10.2. The highest BCUT2D eigenvalue weighted by Crippen LogP contribution is 2.37. The van der Waals surface area contributed by atoms with Crippen molar-refractivity contribution < 1.29 is 0 Å². The third-order valence-electron chi connectivity index (χ3n) is 2.85. The first-order valence-corrected chi connectivity index (χ1v) is 6.80. The van der Waals surface area contributed by atoms with Crippen LogP contribution < -0.4 is 5.73 Å². The molecule has 2 aromatic heterocycles. The Hall–Kier alpha value is -2.08. The van der Waals surface area contributed by atoms with Crippen LogP contribution in [0.1, 0.15) is 17.7 Å². The molecular formula is C13H13N5S. The average molecular weight is 271 g/mol. The molecule has 1 unspecified atom stereocenters. The number of aromatic amines is 1. The Bertz CT molecular complexity index is 695. The van der Waals surface area contributed by atoms with E-state index in [9.17, 15) is 0 Å². The van der Waals surface area contributed by atoms with Gasteiger partial charge in [-0.3, -0.25) is 0 Å². The summed E-state index contributed by atoms with van der Waals surface area (Å²) >= 11 is 1.70. The van der Waals surface area contributed by atoms with Crippen LogP contribution in [0.4, 0.5) is 5.82 Å². The van der Waals surface area contributed by atoms with Gasteiger partial charge in [0.1, 0.15) is 11.3 Å². The minimum absolute atomic E-state index is 0.308. The molecule has 0 aliphatic carbocycles. The van der Waals surface area contributed by atoms with E-state index in [0.717, 1.165) is 10.4 Å². The van der Waals surface area contributed by atoms with Crippen LogP contribution in [0.2, 0.25) is 0 Å². The Morgan fingerprint density at radius 2 is 2.00 bits per heavy atom. The number of thioether (sulfide) groups is 1. The number of nitrogens with zero attached hydrogens (tertiary/aromatic N) is 3. The van der Waals surface area contributed by atoms with E-state index >= 15 is 0 Å². The standard InChI is InChI=1S/C13H13N5S/c1-8(9-5-3-2-4-6-9)19-10-7-11(14)15-13-12(10)16-18-17-13/h2-8H,1H3,(H3,14,15,16,17,18). The van der Waals surface area contributed by atoms with Gasteiger partial charge >= 0.3 is 0 Å². The smallest absolute Gasteiger partial charge is 0.204 e. The van der Waals surface area contributed by atoms with Gasteiger partial charge in [0.15, 0.2) is 0 Å². The van der Waals surface area contributed by atoms with Crippen molar-refractivity contribution >= 4 is 28.7 Å². The number of fused-ring (bicyclic) bond motifs is 1. The number of aromatic nitrogens is 4. The van der Waals surface area contributed by atoms with E-state index in [2.05, 4.69) is 39.5 Å². The molecule has 3 rings (SSSR count). The highest BCUT2D eigenvalue weighted by atomic mass is 32.2. The predicted molar refractivity (Wildman–Crippen MR) is 76.8 cm³/mol. The van der Waals surface area contributed by atoms with Crippen LogP contribution in [0.3, 0.4) is 0 Å². The van der Waals surface area contributed by atoms with Crippen LogP contribution in [0, 0.1) is 0 Å². The van der Waals surface area contributed by atoms with Crippen LogP contribution >= 0.6 is 11.8 Å². The number of hydrogen-bond acceptors (Lipinski definition) is 5. The first-order valence-electron chi connectivity index (χ1n) is 5.92. The number of pyridine rings is 1. The summed E-state index contributed by atoms with van der Waals surface area (Å²) in [6.07, 6.45) is 0. The zero-order valence-electron chi connectivity index (χ0n) is 10.4.